The Morgan fingerprint density at radius 1 is 1.53 bits per heavy atom. The molecule has 15 heavy (non-hydrogen) atoms. The summed E-state index contributed by atoms with van der Waals surface area (Å²) in [4.78, 5) is 11.6. The van der Waals surface area contributed by atoms with Crippen LogP contribution in [-0.2, 0) is 0 Å². The summed E-state index contributed by atoms with van der Waals surface area (Å²) in [5.74, 6) is 0.212. The molecule has 0 fully saturated rings. The highest BCUT2D eigenvalue weighted by molar-refractivity contribution is 6.32. The smallest absolute Gasteiger partial charge is 0.251 e. The van der Waals surface area contributed by atoms with E-state index in [1.165, 1.54) is 18.2 Å². The number of carbonyl (C=O) groups is 1. The quantitative estimate of drug-likeness (QED) is 0.833. The minimum absolute atomic E-state index is 0.0166. The summed E-state index contributed by atoms with van der Waals surface area (Å²) in [7, 11) is 0. The second kappa shape index (κ2) is 5.03. The van der Waals surface area contributed by atoms with E-state index in [9.17, 15) is 9.90 Å². The van der Waals surface area contributed by atoms with Gasteiger partial charge in [0, 0.05) is 12.1 Å². The standard InChI is InChI=1S/C11H14ClNO2/c1-7(2)6-13-11(15)8-3-4-10(14)9(12)5-8/h3-5,7,14H,6H2,1-2H3,(H,13,15). The van der Waals surface area contributed by atoms with E-state index < -0.39 is 0 Å². The number of carbonyl (C=O) groups excluding carboxylic acids is 1. The molecule has 0 heterocycles. The molecular formula is C11H14ClNO2. The van der Waals surface area contributed by atoms with E-state index in [1.807, 2.05) is 13.8 Å². The molecule has 0 spiro atoms. The van der Waals surface area contributed by atoms with Crippen LogP contribution in [0.5, 0.6) is 5.75 Å². The lowest BCUT2D eigenvalue weighted by molar-refractivity contribution is 0.0949. The van der Waals surface area contributed by atoms with E-state index in [1.54, 1.807) is 0 Å². The van der Waals surface area contributed by atoms with Crippen LogP contribution in [0.3, 0.4) is 0 Å². The molecule has 1 aromatic rings. The number of amides is 1. The van der Waals surface area contributed by atoms with Crippen LogP contribution in [0.4, 0.5) is 0 Å². The summed E-state index contributed by atoms with van der Waals surface area (Å²) in [5.41, 5.74) is 0.457. The highest BCUT2D eigenvalue weighted by Gasteiger charge is 2.08. The van der Waals surface area contributed by atoms with Crippen molar-refractivity contribution in [3.8, 4) is 5.75 Å². The van der Waals surface area contributed by atoms with Gasteiger partial charge in [0.25, 0.3) is 5.91 Å². The van der Waals surface area contributed by atoms with E-state index in [0.717, 1.165) is 0 Å². The van der Waals surface area contributed by atoms with Gasteiger partial charge in [-0.3, -0.25) is 4.79 Å². The SMILES string of the molecule is CC(C)CNC(=O)c1ccc(O)c(Cl)c1. The highest BCUT2D eigenvalue weighted by Crippen LogP contribution is 2.23. The molecule has 3 nitrogen and oxygen atoms in total. The lowest BCUT2D eigenvalue weighted by Gasteiger charge is -2.08. The van der Waals surface area contributed by atoms with Crippen LogP contribution in [0.25, 0.3) is 0 Å². The van der Waals surface area contributed by atoms with Gasteiger partial charge < -0.3 is 10.4 Å². The Labute approximate surface area is 94.1 Å². The summed E-state index contributed by atoms with van der Waals surface area (Å²) in [6, 6.07) is 4.40. The average molecular weight is 228 g/mol. The second-order valence-electron chi connectivity index (χ2n) is 3.77. The van der Waals surface area contributed by atoms with Crippen LogP contribution in [0.2, 0.25) is 5.02 Å². The zero-order valence-electron chi connectivity index (χ0n) is 8.75. The molecule has 0 unspecified atom stereocenters. The molecule has 4 heteroatoms. The van der Waals surface area contributed by atoms with Gasteiger partial charge in [-0.1, -0.05) is 25.4 Å². The third-order valence-corrected chi connectivity index (χ3v) is 2.18. The Morgan fingerprint density at radius 2 is 2.20 bits per heavy atom. The first-order valence-electron chi connectivity index (χ1n) is 4.77. The van der Waals surface area contributed by atoms with Gasteiger partial charge in [-0.05, 0) is 24.1 Å². The van der Waals surface area contributed by atoms with Gasteiger partial charge >= 0.3 is 0 Å². The number of hydrogen-bond donors (Lipinski definition) is 2. The largest absolute Gasteiger partial charge is 0.506 e. The highest BCUT2D eigenvalue weighted by atomic mass is 35.5. The summed E-state index contributed by atoms with van der Waals surface area (Å²) < 4.78 is 0. The van der Waals surface area contributed by atoms with E-state index in [2.05, 4.69) is 5.32 Å². The van der Waals surface area contributed by atoms with E-state index in [0.29, 0.717) is 18.0 Å². The van der Waals surface area contributed by atoms with Crippen molar-refractivity contribution >= 4 is 17.5 Å². The van der Waals surface area contributed by atoms with Crippen molar-refractivity contribution < 1.29 is 9.90 Å². The molecule has 1 rings (SSSR count). The maximum atomic E-state index is 11.6. The maximum Gasteiger partial charge on any atom is 0.251 e. The van der Waals surface area contributed by atoms with Crippen molar-refractivity contribution in [2.24, 2.45) is 5.92 Å². The first-order valence-corrected chi connectivity index (χ1v) is 5.15. The Hall–Kier alpha value is -1.22. The number of nitrogens with one attached hydrogen (secondary N) is 1. The number of hydrogen-bond acceptors (Lipinski definition) is 2. The van der Waals surface area contributed by atoms with Gasteiger partial charge in [0.05, 0.1) is 5.02 Å². The molecule has 0 saturated heterocycles. The Morgan fingerprint density at radius 3 is 2.73 bits per heavy atom. The van der Waals surface area contributed by atoms with Crippen LogP contribution >= 0.6 is 11.6 Å². The molecule has 1 amide bonds. The topological polar surface area (TPSA) is 49.3 Å². The van der Waals surface area contributed by atoms with Crippen LogP contribution in [0.15, 0.2) is 18.2 Å². The molecule has 0 radical (unpaired) electrons. The van der Waals surface area contributed by atoms with E-state index >= 15 is 0 Å². The van der Waals surface area contributed by atoms with Crippen molar-refractivity contribution in [2.75, 3.05) is 6.54 Å². The van der Waals surface area contributed by atoms with Crippen molar-refractivity contribution in [3.05, 3.63) is 28.8 Å². The van der Waals surface area contributed by atoms with E-state index in [4.69, 9.17) is 11.6 Å². The van der Waals surface area contributed by atoms with Crippen molar-refractivity contribution in [2.45, 2.75) is 13.8 Å². The van der Waals surface area contributed by atoms with Gasteiger partial charge in [0.1, 0.15) is 5.75 Å². The zero-order valence-corrected chi connectivity index (χ0v) is 9.51. The fraction of sp³-hybridized carbons (Fsp3) is 0.364. The summed E-state index contributed by atoms with van der Waals surface area (Å²) in [6.45, 7) is 4.66. The Balaban J connectivity index is 2.70. The van der Waals surface area contributed by atoms with Crippen molar-refractivity contribution in [3.63, 3.8) is 0 Å². The van der Waals surface area contributed by atoms with Gasteiger partial charge in [0.15, 0.2) is 0 Å². The lowest BCUT2D eigenvalue weighted by atomic mass is 10.2. The molecule has 0 aliphatic carbocycles. The number of rotatable bonds is 3. The molecule has 1 aromatic carbocycles. The third-order valence-electron chi connectivity index (χ3n) is 1.88. The van der Waals surface area contributed by atoms with Gasteiger partial charge in [-0.2, -0.15) is 0 Å². The normalized spacial score (nSPS) is 10.4. The van der Waals surface area contributed by atoms with Crippen LogP contribution in [0, 0.1) is 5.92 Å². The fourth-order valence-corrected chi connectivity index (χ4v) is 1.23. The van der Waals surface area contributed by atoms with Crippen molar-refractivity contribution in [1.29, 1.82) is 0 Å². The first-order chi connectivity index (χ1) is 7.00. The number of aromatic hydroxyl groups is 1. The fourth-order valence-electron chi connectivity index (χ4n) is 1.05. The van der Waals surface area contributed by atoms with E-state index in [-0.39, 0.29) is 16.7 Å². The molecule has 0 atom stereocenters. The lowest BCUT2D eigenvalue weighted by Crippen LogP contribution is -2.27. The molecule has 82 valence electrons. The maximum absolute atomic E-state index is 11.6. The molecule has 0 bridgehead atoms. The first kappa shape index (κ1) is 11.9. The monoisotopic (exact) mass is 227 g/mol. The van der Waals surface area contributed by atoms with Crippen LogP contribution in [-0.4, -0.2) is 17.6 Å². The number of phenols is 1. The number of phenolic OH excluding ortho intramolecular Hbond substituents is 1. The summed E-state index contributed by atoms with van der Waals surface area (Å²) in [6.07, 6.45) is 0. The number of halogens is 1. The third kappa shape index (κ3) is 3.44. The summed E-state index contributed by atoms with van der Waals surface area (Å²) in [5, 5.41) is 12.1. The predicted octanol–water partition coefficient (Wildman–Crippen LogP) is 2.43. The van der Waals surface area contributed by atoms with Crippen molar-refractivity contribution in [1.82, 2.24) is 5.32 Å². The predicted molar refractivity (Wildman–Crippen MR) is 60.3 cm³/mol. The minimum atomic E-state index is -0.175. The minimum Gasteiger partial charge on any atom is -0.506 e. The Bertz CT molecular complexity index is 364. The van der Waals surface area contributed by atoms with Gasteiger partial charge in [-0.25, -0.2) is 0 Å². The molecule has 0 saturated carbocycles. The number of benzene rings is 1. The second-order valence-corrected chi connectivity index (χ2v) is 4.18. The molecule has 0 aromatic heterocycles. The Kier molecular flexibility index (Phi) is 3.97. The summed E-state index contributed by atoms with van der Waals surface area (Å²) >= 11 is 5.69. The molecule has 0 aliphatic rings. The van der Waals surface area contributed by atoms with Crippen LogP contribution in [0.1, 0.15) is 24.2 Å². The molecular weight excluding hydrogens is 214 g/mol. The average Bonchev–Trinajstić information content (AvgIpc) is 2.18. The van der Waals surface area contributed by atoms with Gasteiger partial charge in [0.2, 0.25) is 0 Å². The molecule has 2 N–H and O–H groups in total. The zero-order chi connectivity index (χ0) is 11.4. The molecule has 0 aliphatic heterocycles. The van der Waals surface area contributed by atoms with Crippen LogP contribution < -0.4 is 5.32 Å². The van der Waals surface area contributed by atoms with Gasteiger partial charge in [-0.15, -0.1) is 0 Å².